The first-order chi connectivity index (χ1) is 8.66. The van der Waals surface area contributed by atoms with Gasteiger partial charge in [0.15, 0.2) is 0 Å². The lowest BCUT2D eigenvalue weighted by Gasteiger charge is -2.32. The van der Waals surface area contributed by atoms with E-state index in [4.69, 9.17) is 18.0 Å². The molecule has 1 aromatic rings. The fraction of sp³-hybridized carbons (Fsp3) is 0.538. The highest BCUT2D eigenvalue weighted by Gasteiger charge is 2.18. The smallest absolute Gasteiger partial charge is 0.126 e. The van der Waals surface area contributed by atoms with Crippen LogP contribution in [0.2, 0.25) is 0 Å². The van der Waals surface area contributed by atoms with E-state index in [1.807, 2.05) is 12.1 Å². The number of pyridine rings is 1. The molecule has 3 N–H and O–H groups in total. The van der Waals surface area contributed by atoms with Crippen molar-refractivity contribution in [2.24, 2.45) is 5.73 Å². The third-order valence-corrected chi connectivity index (χ3v) is 3.72. The first-order valence-electron chi connectivity index (χ1n) is 6.37. The number of nitrogens with one attached hydrogen (secondary N) is 1. The molecule has 2 rings (SSSR count). The Morgan fingerprint density at radius 3 is 3.17 bits per heavy atom. The fourth-order valence-corrected chi connectivity index (χ4v) is 2.43. The van der Waals surface area contributed by atoms with Crippen LogP contribution in [0.1, 0.15) is 24.8 Å². The van der Waals surface area contributed by atoms with E-state index in [1.54, 1.807) is 6.20 Å². The van der Waals surface area contributed by atoms with Crippen molar-refractivity contribution in [1.29, 1.82) is 0 Å². The van der Waals surface area contributed by atoms with E-state index in [0.717, 1.165) is 17.9 Å². The standard InChI is InChI=1S/C13H20N4S/c1-17-7-3-2-4-11(17)9-16-12-8-10(13(14)18)5-6-15-12/h5-6,8,11H,2-4,7,9H2,1H3,(H2,14,18)(H,15,16). The Balaban J connectivity index is 1.93. The second kappa shape index (κ2) is 6.11. The minimum absolute atomic E-state index is 0.412. The van der Waals surface area contributed by atoms with Crippen molar-refractivity contribution in [2.45, 2.75) is 25.3 Å². The third kappa shape index (κ3) is 3.40. The van der Waals surface area contributed by atoms with E-state index < -0.39 is 0 Å². The normalized spacial score (nSPS) is 20.6. The molecule has 1 aliphatic rings. The Hall–Kier alpha value is -1.20. The van der Waals surface area contributed by atoms with Crippen LogP contribution < -0.4 is 11.1 Å². The number of piperidine rings is 1. The Morgan fingerprint density at radius 1 is 1.61 bits per heavy atom. The summed E-state index contributed by atoms with van der Waals surface area (Å²) in [4.78, 5) is 7.11. The summed E-state index contributed by atoms with van der Waals surface area (Å²) in [7, 11) is 2.18. The molecule has 18 heavy (non-hydrogen) atoms. The molecule has 1 aliphatic heterocycles. The van der Waals surface area contributed by atoms with Gasteiger partial charge in [-0.1, -0.05) is 18.6 Å². The molecule has 98 valence electrons. The van der Waals surface area contributed by atoms with Crippen molar-refractivity contribution in [3.8, 4) is 0 Å². The van der Waals surface area contributed by atoms with Crippen molar-refractivity contribution in [1.82, 2.24) is 9.88 Å². The van der Waals surface area contributed by atoms with Gasteiger partial charge in [0.25, 0.3) is 0 Å². The molecule has 0 radical (unpaired) electrons. The zero-order valence-electron chi connectivity index (χ0n) is 10.7. The number of hydrogen-bond acceptors (Lipinski definition) is 4. The predicted octanol–water partition coefficient (Wildman–Crippen LogP) is 1.61. The molecule has 0 saturated carbocycles. The SMILES string of the molecule is CN1CCCCC1CNc1cc(C(N)=S)ccn1. The number of likely N-dealkylation sites (N-methyl/N-ethyl adjacent to an activating group) is 1. The number of rotatable bonds is 4. The topological polar surface area (TPSA) is 54.2 Å². The van der Waals surface area contributed by atoms with Crippen molar-refractivity contribution in [3.63, 3.8) is 0 Å². The third-order valence-electron chi connectivity index (χ3n) is 3.48. The highest BCUT2D eigenvalue weighted by atomic mass is 32.1. The first kappa shape index (κ1) is 13.2. The molecule has 0 aromatic carbocycles. The summed E-state index contributed by atoms with van der Waals surface area (Å²) < 4.78 is 0. The van der Waals surface area contributed by atoms with E-state index >= 15 is 0 Å². The van der Waals surface area contributed by atoms with Gasteiger partial charge in [-0.3, -0.25) is 0 Å². The second-order valence-electron chi connectivity index (χ2n) is 4.81. The van der Waals surface area contributed by atoms with Crippen LogP contribution in [0.15, 0.2) is 18.3 Å². The lowest BCUT2D eigenvalue weighted by Crippen LogP contribution is -2.40. The summed E-state index contributed by atoms with van der Waals surface area (Å²) in [5, 5.41) is 3.37. The maximum absolute atomic E-state index is 5.61. The summed E-state index contributed by atoms with van der Waals surface area (Å²) in [6.07, 6.45) is 5.61. The van der Waals surface area contributed by atoms with Crippen molar-refractivity contribution in [3.05, 3.63) is 23.9 Å². The van der Waals surface area contributed by atoms with E-state index in [9.17, 15) is 0 Å². The predicted molar refractivity (Wildman–Crippen MR) is 78.9 cm³/mol. The quantitative estimate of drug-likeness (QED) is 0.809. The Morgan fingerprint density at radius 2 is 2.44 bits per heavy atom. The van der Waals surface area contributed by atoms with Crippen molar-refractivity contribution < 1.29 is 0 Å². The molecule has 1 aromatic heterocycles. The number of anilines is 1. The van der Waals surface area contributed by atoms with Crippen LogP contribution in [0.5, 0.6) is 0 Å². The summed E-state index contributed by atoms with van der Waals surface area (Å²) in [5.41, 5.74) is 6.47. The lowest BCUT2D eigenvalue weighted by molar-refractivity contribution is 0.194. The molecule has 0 aliphatic carbocycles. The Bertz CT molecular complexity index is 421. The molecule has 1 atom stereocenters. The molecule has 5 heteroatoms. The molecule has 0 amide bonds. The molecule has 0 spiro atoms. The van der Waals surface area contributed by atoms with Crippen LogP contribution in [0.4, 0.5) is 5.82 Å². The average Bonchev–Trinajstić information content (AvgIpc) is 2.38. The van der Waals surface area contributed by atoms with Crippen molar-refractivity contribution in [2.75, 3.05) is 25.5 Å². The van der Waals surface area contributed by atoms with Gasteiger partial charge in [0.05, 0.1) is 0 Å². The molecule has 0 bridgehead atoms. The van der Waals surface area contributed by atoms with Crippen LogP contribution in [0, 0.1) is 0 Å². The number of aromatic nitrogens is 1. The Kier molecular flexibility index (Phi) is 4.49. The van der Waals surface area contributed by atoms with Gasteiger partial charge in [-0.15, -0.1) is 0 Å². The van der Waals surface area contributed by atoms with Gasteiger partial charge in [0.2, 0.25) is 0 Å². The van der Waals surface area contributed by atoms with Gasteiger partial charge in [-0.05, 0) is 38.6 Å². The van der Waals surface area contributed by atoms with Gasteiger partial charge in [0.1, 0.15) is 10.8 Å². The number of nitrogens with zero attached hydrogens (tertiary/aromatic N) is 2. The number of likely N-dealkylation sites (tertiary alicyclic amines) is 1. The van der Waals surface area contributed by atoms with Crippen LogP contribution >= 0.6 is 12.2 Å². The molecule has 2 heterocycles. The highest BCUT2D eigenvalue weighted by Crippen LogP contribution is 2.15. The molecule has 1 fully saturated rings. The molecule has 4 nitrogen and oxygen atoms in total. The van der Waals surface area contributed by atoms with E-state index in [-0.39, 0.29) is 0 Å². The molecular weight excluding hydrogens is 244 g/mol. The van der Waals surface area contributed by atoms with E-state index in [1.165, 1.54) is 25.8 Å². The lowest BCUT2D eigenvalue weighted by atomic mass is 10.0. The molecular formula is C13H20N4S. The molecule has 1 saturated heterocycles. The van der Waals surface area contributed by atoms with Gasteiger partial charge >= 0.3 is 0 Å². The minimum Gasteiger partial charge on any atom is -0.389 e. The first-order valence-corrected chi connectivity index (χ1v) is 6.77. The van der Waals surface area contributed by atoms with E-state index in [2.05, 4.69) is 22.2 Å². The average molecular weight is 264 g/mol. The summed E-state index contributed by atoms with van der Waals surface area (Å²) in [6.45, 7) is 2.11. The fourth-order valence-electron chi connectivity index (χ4n) is 2.30. The van der Waals surface area contributed by atoms with Crippen LogP contribution in [0.25, 0.3) is 0 Å². The monoisotopic (exact) mass is 264 g/mol. The van der Waals surface area contributed by atoms with Gasteiger partial charge < -0.3 is 16.0 Å². The summed E-state index contributed by atoms with van der Waals surface area (Å²) in [5.74, 6) is 0.847. The summed E-state index contributed by atoms with van der Waals surface area (Å²) >= 11 is 4.96. The maximum atomic E-state index is 5.61. The van der Waals surface area contributed by atoms with Gasteiger partial charge in [-0.25, -0.2) is 4.98 Å². The number of nitrogens with two attached hydrogens (primary N) is 1. The summed E-state index contributed by atoms with van der Waals surface area (Å²) in [6, 6.07) is 4.33. The highest BCUT2D eigenvalue weighted by molar-refractivity contribution is 7.80. The number of thiocarbonyl (C=S) groups is 1. The zero-order valence-corrected chi connectivity index (χ0v) is 11.5. The van der Waals surface area contributed by atoms with Crippen molar-refractivity contribution >= 4 is 23.0 Å². The Labute approximate surface area is 114 Å². The minimum atomic E-state index is 0.412. The molecule has 1 unspecified atom stereocenters. The van der Waals surface area contributed by atoms with E-state index in [0.29, 0.717) is 11.0 Å². The second-order valence-corrected chi connectivity index (χ2v) is 5.24. The largest absolute Gasteiger partial charge is 0.389 e. The van der Waals surface area contributed by atoms with Crippen LogP contribution in [-0.2, 0) is 0 Å². The number of hydrogen-bond donors (Lipinski definition) is 2. The zero-order chi connectivity index (χ0) is 13.0. The van der Waals surface area contributed by atoms with Crippen LogP contribution in [0.3, 0.4) is 0 Å². The van der Waals surface area contributed by atoms with Crippen LogP contribution in [-0.4, -0.2) is 41.1 Å². The maximum Gasteiger partial charge on any atom is 0.126 e. The van der Waals surface area contributed by atoms with Gasteiger partial charge in [0, 0.05) is 24.3 Å². The van der Waals surface area contributed by atoms with Gasteiger partial charge in [-0.2, -0.15) is 0 Å².